The molecular weight excluding hydrogens is 487 g/mol. The Hall–Kier alpha value is -1.26. The van der Waals surface area contributed by atoms with Gasteiger partial charge in [0.05, 0.1) is 19.6 Å². The fourth-order valence-electron chi connectivity index (χ4n) is 3.42. The summed E-state index contributed by atoms with van der Waals surface area (Å²) in [5, 5.41) is 3.30. The Kier molecular flexibility index (Phi) is 9.97. The number of hydrogen-bond donors (Lipinski definition) is 1. The molecule has 1 N–H and O–H groups in total. The van der Waals surface area contributed by atoms with E-state index in [0.29, 0.717) is 19.6 Å². The van der Waals surface area contributed by atoms with Crippen LogP contribution in [0.25, 0.3) is 0 Å². The summed E-state index contributed by atoms with van der Waals surface area (Å²) in [6, 6.07) is 0.267. The van der Waals surface area contributed by atoms with E-state index < -0.39 is 5.60 Å². The van der Waals surface area contributed by atoms with Crippen molar-refractivity contribution in [2.75, 3.05) is 39.8 Å². The second-order valence-electron chi connectivity index (χ2n) is 8.65. The zero-order valence-electron chi connectivity index (χ0n) is 18.6. The van der Waals surface area contributed by atoms with Gasteiger partial charge in [0.25, 0.3) is 0 Å². The van der Waals surface area contributed by atoms with Crippen LogP contribution < -0.4 is 5.32 Å². The zero-order valence-corrected chi connectivity index (χ0v) is 20.9. The van der Waals surface area contributed by atoms with Crippen LogP contribution in [-0.4, -0.2) is 79.3 Å². The maximum Gasteiger partial charge on any atom is 0.410 e. The van der Waals surface area contributed by atoms with Crippen molar-refractivity contribution in [3.05, 3.63) is 0 Å². The third-order valence-electron chi connectivity index (χ3n) is 4.97. The highest BCUT2D eigenvalue weighted by Crippen LogP contribution is 2.28. The molecule has 8 nitrogen and oxygen atoms in total. The number of esters is 1. The number of carbonyl (C=O) groups excluding carboxylic acids is 2. The van der Waals surface area contributed by atoms with Crippen molar-refractivity contribution < 1.29 is 19.1 Å². The molecule has 1 saturated heterocycles. The lowest BCUT2D eigenvalue weighted by atomic mass is 9.99. The quantitative estimate of drug-likeness (QED) is 0.249. The molecule has 0 aromatic heterocycles. The standard InChI is InChI=1S/C20H36N4O4.HI/c1-7-21-18(23-12-14(2)16(13-23)17(25)27-6)22-10-11-24(15-8-9-15)19(26)28-20(3,4)5;/h14-16H,7-13H2,1-6H3,(H,21,22);1H. The van der Waals surface area contributed by atoms with Gasteiger partial charge in [-0.3, -0.25) is 9.79 Å². The maximum atomic E-state index is 12.5. The van der Waals surface area contributed by atoms with Crippen molar-refractivity contribution in [2.24, 2.45) is 16.8 Å². The second-order valence-corrected chi connectivity index (χ2v) is 8.65. The average molecular weight is 524 g/mol. The van der Waals surface area contributed by atoms with Crippen LogP contribution >= 0.6 is 24.0 Å². The van der Waals surface area contributed by atoms with E-state index in [9.17, 15) is 9.59 Å². The summed E-state index contributed by atoms with van der Waals surface area (Å²) < 4.78 is 10.5. The molecule has 2 rings (SSSR count). The molecule has 2 atom stereocenters. The van der Waals surface area contributed by atoms with Gasteiger partial charge in [-0.25, -0.2) is 4.79 Å². The van der Waals surface area contributed by atoms with Crippen LogP contribution in [0.15, 0.2) is 4.99 Å². The van der Waals surface area contributed by atoms with Crippen LogP contribution in [0.5, 0.6) is 0 Å². The SMILES string of the molecule is CCNC(=NCCN(C(=O)OC(C)(C)C)C1CC1)N1CC(C)C(C(=O)OC)C1.I. The highest BCUT2D eigenvalue weighted by Gasteiger charge is 2.37. The normalized spacial score (nSPS) is 22.0. The summed E-state index contributed by atoms with van der Waals surface area (Å²) in [7, 11) is 1.43. The molecule has 1 amide bonds. The van der Waals surface area contributed by atoms with Crippen LogP contribution in [0.2, 0.25) is 0 Å². The summed E-state index contributed by atoms with van der Waals surface area (Å²) in [4.78, 5) is 33.0. The van der Waals surface area contributed by atoms with Crippen LogP contribution in [-0.2, 0) is 14.3 Å². The molecule has 168 valence electrons. The molecule has 0 aromatic carbocycles. The van der Waals surface area contributed by atoms with E-state index in [0.717, 1.165) is 31.9 Å². The molecule has 1 heterocycles. The number of hydrogen-bond acceptors (Lipinski definition) is 5. The second kappa shape index (κ2) is 11.2. The lowest BCUT2D eigenvalue weighted by Crippen LogP contribution is -2.42. The molecule has 29 heavy (non-hydrogen) atoms. The topological polar surface area (TPSA) is 83.5 Å². The molecular formula is C20H37IN4O4. The lowest BCUT2D eigenvalue weighted by molar-refractivity contribution is -0.146. The fourth-order valence-corrected chi connectivity index (χ4v) is 3.42. The number of halogens is 1. The van der Waals surface area contributed by atoms with Crippen molar-refractivity contribution in [1.29, 1.82) is 0 Å². The predicted octanol–water partition coefficient (Wildman–Crippen LogP) is 2.71. The highest BCUT2D eigenvalue weighted by atomic mass is 127. The van der Waals surface area contributed by atoms with Gasteiger partial charge >= 0.3 is 12.1 Å². The lowest BCUT2D eigenvalue weighted by Gasteiger charge is -2.27. The Labute approximate surface area is 191 Å². The first kappa shape index (κ1) is 25.8. The largest absolute Gasteiger partial charge is 0.469 e. The number of aliphatic imine (C=N–C) groups is 1. The molecule has 1 aliphatic carbocycles. The van der Waals surface area contributed by atoms with Crippen molar-refractivity contribution >= 4 is 42.0 Å². The number of amides is 1. The number of nitrogens with one attached hydrogen (secondary N) is 1. The van der Waals surface area contributed by atoms with Crippen LogP contribution in [0.1, 0.15) is 47.5 Å². The van der Waals surface area contributed by atoms with Crippen molar-refractivity contribution in [3.63, 3.8) is 0 Å². The van der Waals surface area contributed by atoms with E-state index in [-0.39, 0.29) is 53.9 Å². The van der Waals surface area contributed by atoms with Gasteiger partial charge in [-0.2, -0.15) is 0 Å². The molecule has 1 saturated carbocycles. The number of nitrogens with zero attached hydrogens (tertiary/aromatic N) is 3. The average Bonchev–Trinajstić information content (AvgIpc) is 3.36. The molecule has 9 heteroatoms. The molecule has 0 aromatic rings. The Morgan fingerprint density at radius 3 is 2.41 bits per heavy atom. The number of methoxy groups -OCH3 is 1. The molecule has 2 fully saturated rings. The van der Waals surface area contributed by atoms with E-state index in [1.165, 1.54) is 7.11 Å². The van der Waals surface area contributed by atoms with Gasteiger partial charge in [-0.05, 0) is 46.5 Å². The Balaban J connectivity index is 0.00000420. The van der Waals surface area contributed by atoms with E-state index in [1.54, 1.807) is 4.90 Å². The third-order valence-corrected chi connectivity index (χ3v) is 4.97. The van der Waals surface area contributed by atoms with E-state index in [4.69, 9.17) is 14.5 Å². The summed E-state index contributed by atoms with van der Waals surface area (Å²) in [6.07, 6.45) is 1.77. The first-order valence-electron chi connectivity index (χ1n) is 10.3. The first-order chi connectivity index (χ1) is 13.2. The molecule has 0 spiro atoms. The molecule has 0 bridgehead atoms. The molecule has 2 aliphatic rings. The number of guanidine groups is 1. The minimum atomic E-state index is -0.503. The number of rotatable bonds is 6. The van der Waals surface area contributed by atoms with Gasteiger partial charge in [0, 0.05) is 32.2 Å². The van der Waals surface area contributed by atoms with Gasteiger partial charge in [-0.15, -0.1) is 24.0 Å². The van der Waals surface area contributed by atoms with Gasteiger partial charge in [-0.1, -0.05) is 6.92 Å². The number of ether oxygens (including phenoxy) is 2. The van der Waals surface area contributed by atoms with Crippen molar-refractivity contribution in [3.8, 4) is 0 Å². The summed E-state index contributed by atoms with van der Waals surface area (Å²) in [5.74, 6) is 0.677. The van der Waals surface area contributed by atoms with Gasteiger partial charge in [0.2, 0.25) is 0 Å². The fraction of sp³-hybridized carbons (Fsp3) is 0.850. The summed E-state index contributed by atoms with van der Waals surface area (Å²) in [6.45, 7) is 12.8. The Morgan fingerprint density at radius 2 is 1.90 bits per heavy atom. The minimum absolute atomic E-state index is 0. The van der Waals surface area contributed by atoms with E-state index >= 15 is 0 Å². The first-order valence-corrected chi connectivity index (χ1v) is 10.3. The Bertz CT molecular complexity index is 590. The van der Waals surface area contributed by atoms with Gasteiger partial charge in [0.15, 0.2) is 5.96 Å². The summed E-state index contributed by atoms with van der Waals surface area (Å²) in [5.41, 5.74) is -0.503. The van der Waals surface area contributed by atoms with Crippen molar-refractivity contribution in [1.82, 2.24) is 15.1 Å². The zero-order chi connectivity index (χ0) is 20.9. The van der Waals surface area contributed by atoms with Gasteiger partial charge < -0.3 is 24.6 Å². The number of carbonyl (C=O) groups is 2. The Morgan fingerprint density at radius 1 is 1.24 bits per heavy atom. The molecule has 2 unspecified atom stereocenters. The smallest absolute Gasteiger partial charge is 0.410 e. The third kappa shape index (κ3) is 7.82. The predicted molar refractivity (Wildman–Crippen MR) is 124 cm³/mol. The van der Waals surface area contributed by atoms with Crippen molar-refractivity contribution in [2.45, 2.75) is 59.1 Å². The van der Waals surface area contributed by atoms with Gasteiger partial charge in [0.1, 0.15) is 5.60 Å². The van der Waals surface area contributed by atoms with Crippen LogP contribution in [0, 0.1) is 11.8 Å². The maximum absolute atomic E-state index is 12.5. The highest BCUT2D eigenvalue weighted by molar-refractivity contribution is 14.0. The number of likely N-dealkylation sites (tertiary alicyclic amines) is 1. The van der Waals surface area contributed by atoms with Crippen LogP contribution in [0.3, 0.4) is 0 Å². The van der Waals surface area contributed by atoms with Crippen LogP contribution in [0.4, 0.5) is 4.79 Å². The monoisotopic (exact) mass is 524 g/mol. The van der Waals surface area contributed by atoms with E-state index in [2.05, 4.69) is 17.1 Å². The van der Waals surface area contributed by atoms with E-state index in [1.807, 2.05) is 27.7 Å². The molecule has 0 radical (unpaired) electrons. The minimum Gasteiger partial charge on any atom is -0.469 e. The summed E-state index contributed by atoms with van der Waals surface area (Å²) >= 11 is 0. The molecule has 1 aliphatic heterocycles.